The number of esters is 3. The maximum atomic E-state index is 13.7. The molecule has 2 aliphatic rings. The highest BCUT2D eigenvalue weighted by Crippen LogP contribution is 2.32. The van der Waals surface area contributed by atoms with Gasteiger partial charge < -0.3 is 63.8 Å². The zero-order valence-electron chi connectivity index (χ0n) is 53.3. The van der Waals surface area contributed by atoms with Gasteiger partial charge in [0, 0.05) is 62.3 Å². The van der Waals surface area contributed by atoms with E-state index in [1.54, 1.807) is 34.6 Å². The standard InChI is InChI=1S/C72H85N5O15S2/c1-4-21-55(42-73)69(81)90-59-32-19-17-30-56(59)70(82)91-60-33-20-18-31-57(60)71(83)92-66(72(2,3)50-78)67(80)75-35-34-63(79)74-36-40-93-94-41-37-76-68-62(89-68)49-84-39-38-77-43-61(86-45-52-24-11-6-12-25-52)65(88-47-54-28-15-8-16-29-54)64(87-46-53-26-13-7-14-27-53)58(77)48-85-44-51-22-9-5-10-23-51/h5-33,42,58,61-62,64-66,68,73,76,78H,4,34-41,43-50H2,1-3H3,(H,74,79)(H,75,80)/b55-21+,73-42?. The summed E-state index contributed by atoms with van der Waals surface area (Å²) in [4.78, 5) is 68.6. The number of benzene rings is 6. The summed E-state index contributed by atoms with van der Waals surface area (Å²) in [7, 11) is 3.29. The van der Waals surface area contributed by atoms with E-state index in [1.807, 2.05) is 72.8 Å². The summed E-state index contributed by atoms with van der Waals surface area (Å²) in [6.07, 6.45) is -0.127. The van der Waals surface area contributed by atoms with Gasteiger partial charge in [0.25, 0.3) is 5.91 Å². The number of piperidine rings is 1. The van der Waals surface area contributed by atoms with E-state index in [9.17, 15) is 29.1 Å². The molecule has 0 radical (unpaired) electrons. The molecule has 0 saturated carbocycles. The minimum absolute atomic E-state index is 0.00519. The lowest BCUT2D eigenvalue weighted by atomic mass is 9.86. The monoisotopic (exact) mass is 1320 g/mol. The van der Waals surface area contributed by atoms with Crippen LogP contribution in [0.1, 0.15) is 76.6 Å². The van der Waals surface area contributed by atoms with Gasteiger partial charge in [-0.25, -0.2) is 14.4 Å². The van der Waals surface area contributed by atoms with E-state index in [1.165, 1.54) is 62.4 Å². The van der Waals surface area contributed by atoms with Gasteiger partial charge in [-0.3, -0.25) is 19.8 Å². The SMILES string of the molecule is CC/C=C(\C=N)C(=O)Oc1ccccc1C(=O)Oc1ccccc1C(=O)OC(C(=O)NCCC(=O)NCCSSCCNC1OC1COCCN1CC(OCc2ccccc2)C(OCc2ccccc2)C(OCc2ccccc2)C1COCc1ccccc1)C(C)(C)CO. The number of amides is 2. The highest BCUT2D eigenvalue weighted by atomic mass is 33.1. The van der Waals surface area contributed by atoms with Crippen molar-refractivity contribution >= 4 is 57.5 Å². The summed E-state index contributed by atoms with van der Waals surface area (Å²) in [5, 5.41) is 26.8. The van der Waals surface area contributed by atoms with Gasteiger partial charge in [-0.1, -0.05) is 194 Å². The molecule has 94 heavy (non-hydrogen) atoms. The van der Waals surface area contributed by atoms with Crippen LogP contribution < -0.4 is 25.4 Å². The number of hydrogen-bond acceptors (Lipinski definition) is 20. The lowest BCUT2D eigenvalue weighted by Gasteiger charge is -2.48. The number of hydrogen-bond donors (Lipinski definition) is 5. The first kappa shape index (κ1) is 72.3. The van der Waals surface area contributed by atoms with Crippen molar-refractivity contribution in [2.75, 3.05) is 70.7 Å². The number of epoxide rings is 1. The summed E-state index contributed by atoms with van der Waals surface area (Å²) in [5.41, 5.74) is 2.65. The number of ether oxygens (including phenoxy) is 9. The number of carbonyl (C=O) groups excluding carboxylic acids is 5. The number of aliphatic hydroxyl groups excluding tert-OH is 1. The fourth-order valence-corrected chi connectivity index (χ4v) is 12.0. The Morgan fingerprint density at radius 3 is 1.79 bits per heavy atom. The normalized spacial score (nSPS) is 18.3. The van der Waals surface area contributed by atoms with Crippen LogP contribution in [-0.4, -0.2) is 159 Å². The van der Waals surface area contributed by atoms with Gasteiger partial charge in [0.05, 0.1) is 70.6 Å². The van der Waals surface area contributed by atoms with Gasteiger partial charge in [0.15, 0.2) is 6.10 Å². The Labute approximate surface area is 558 Å². The average Bonchev–Trinajstić information content (AvgIpc) is 1.05. The smallest absolute Gasteiger partial charge is 0.347 e. The molecule has 20 nitrogen and oxygen atoms in total. The van der Waals surface area contributed by atoms with E-state index < -0.39 is 54.1 Å². The maximum absolute atomic E-state index is 13.7. The van der Waals surface area contributed by atoms with Gasteiger partial charge in [0.1, 0.15) is 47.2 Å². The third-order valence-corrected chi connectivity index (χ3v) is 17.8. The van der Waals surface area contributed by atoms with Crippen molar-refractivity contribution in [3.8, 4) is 11.5 Å². The van der Waals surface area contributed by atoms with Gasteiger partial charge in [-0.05, 0) is 52.9 Å². The van der Waals surface area contributed by atoms with Crippen molar-refractivity contribution in [1.29, 1.82) is 5.41 Å². The molecule has 6 aromatic rings. The van der Waals surface area contributed by atoms with Gasteiger partial charge in [0.2, 0.25) is 5.91 Å². The van der Waals surface area contributed by atoms with Gasteiger partial charge in [-0.2, -0.15) is 0 Å². The number of nitrogens with one attached hydrogen (secondary N) is 4. The van der Waals surface area contributed by atoms with Gasteiger partial charge in [-0.15, -0.1) is 0 Å². The van der Waals surface area contributed by atoms with Crippen molar-refractivity contribution in [2.45, 2.75) is 103 Å². The lowest BCUT2D eigenvalue weighted by molar-refractivity contribution is -0.211. The molecule has 5 N–H and O–H groups in total. The molecule has 22 heteroatoms. The number of carbonyl (C=O) groups is 5. The molecular formula is C72H85N5O15S2. The molecule has 7 unspecified atom stereocenters. The van der Waals surface area contributed by atoms with Crippen molar-refractivity contribution in [1.82, 2.24) is 20.9 Å². The molecule has 0 aliphatic carbocycles. The lowest BCUT2D eigenvalue weighted by Crippen LogP contribution is -2.65. The number of likely N-dealkylation sites (tertiary alicyclic amines) is 1. The number of allylic oxidation sites excluding steroid dienone is 1. The fraction of sp³-hybridized carbons (Fsp3) is 0.389. The largest absolute Gasteiger partial charge is 0.448 e. The van der Waals surface area contributed by atoms with Crippen molar-refractivity contribution in [3.63, 3.8) is 0 Å². The molecular weight excluding hydrogens is 1240 g/mol. The third-order valence-electron chi connectivity index (χ3n) is 15.4. The quantitative estimate of drug-likeness (QED) is 0.00457. The summed E-state index contributed by atoms with van der Waals surface area (Å²) in [6, 6.07) is 52.0. The fourth-order valence-electron chi connectivity index (χ4n) is 10.2. The number of nitrogens with zero attached hydrogens (tertiary/aromatic N) is 1. The Balaban J connectivity index is 0.745. The molecule has 2 heterocycles. The number of para-hydroxylation sites is 2. The predicted molar refractivity (Wildman–Crippen MR) is 360 cm³/mol. The zero-order chi connectivity index (χ0) is 66.3. The minimum Gasteiger partial charge on any atom is -0.448 e. The van der Waals surface area contributed by atoms with Crippen LogP contribution in [0.15, 0.2) is 182 Å². The summed E-state index contributed by atoms with van der Waals surface area (Å²) < 4.78 is 56.2. The van der Waals surface area contributed by atoms with Crippen LogP contribution in [0.3, 0.4) is 0 Å². The average molecular weight is 1320 g/mol. The van der Waals surface area contributed by atoms with Crippen LogP contribution >= 0.6 is 21.6 Å². The number of aliphatic hydroxyl groups is 1. The van der Waals surface area contributed by atoms with Crippen molar-refractivity contribution in [3.05, 3.63) is 215 Å². The maximum Gasteiger partial charge on any atom is 0.347 e. The first-order valence-electron chi connectivity index (χ1n) is 31.6. The Hall–Kier alpha value is -7.58. The first-order valence-corrected chi connectivity index (χ1v) is 34.1. The van der Waals surface area contributed by atoms with Crippen molar-refractivity contribution in [2.24, 2.45) is 5.41 Å². The second-order valence-electron chi connectivity index (χ2n) is 23.0. The second kappa shape index (κ2) is 38.7. The molecule has 2 saturated heterocycles. The molecule has 0 aromatic heterocycles. The van der Waals surface area contributed by atoms with Crippen LogP contribution in [0.2, 0.25) is 0 Å². The summed E-state index contributed by atoms with van der Waals surface area (Å²) in [6.45, 7) is 9.41. The Bertz CT molecular complexity index is 3350. The number of rotatable bonds is 40. The van der Waals surface area contributed by atoms with Crippen LogP contribution in [0, 0.1) is 10.8 Å². The second-order valence-corrected chi connectivity index (χ2v) is 25.7. The minimum atomic E-state index is -1.52. The van der Waals surface area contributed by atoms with E-state index in [-0.39, 0.29) is 71.5 Å². The van der Waals surface area contributed by atoms with E-state index in [4.69, 9.17) is 48.0 Å². The molecule has 0 spiro atoms. The van der Waals surface area contributed by atoms with E-state index in [0.717, 1.165) is 34.2 Å². The van der Waals surface area contributed by atoms with Crippen LogP contribution in [0.5, 0.6) is 11.5 Å². The Morgan fingerprint density at radius 2 is 1.19 bits per heavy atom. The molecule has 0 bridgehead atoms. The van der Waals surface area contributed by atoms with E-state index >= 15 is 0 Å². The molecule has 6 aromatic carbocycles. The van der Waals surface area contributed by atoms with E-state index in [2.05, 4.69) is 69.4 Å². The first-order chi connectivity index (χ1) is 45.8. The van der Waals surface area contributed by atoms with Gasteiger partial charge >= 0.3 is 17.9 Å². The zero-order valence-corrected chi connectivity index (χ0v) is 54.9. The predicted octanol–water partition coefficient (Wildman–Crippen LogP) is 9.33. The molecule has 8 rings (SSSR count). The Morgan fingerprint density at radius 1 is 0.649 bits per heavy atom. The van der Waals surface area contributed by atoms with Crippen LogP contribution in [0.4, 0.5) is 0 Å². The highest BCUT2D eigenvalue weighted by molar-refractivity contribution is 8.76. The van der Waals surface area contributed by atoms with E-state index in [0.29, 0.717) is 84.6 Å². The Kier molecular flexibility index (Phi) is 29.7. The molecule has 2 aliphatic heterocycles. The molecule has 2 fully saturated rings. The third kappa shape index (κ3) is 23.1. The molecule has 2 amide bonds. The summed E-state index contributed by atoms with van der Waals surface area (Å²) in [5.74, 6) is -2.78. The van der Waals surface area contributed by atoms with Crippen LogP contribution in [0.25, 0.3) is 0 Å². The molecule has 7 atom stereocenters. The summed E-state index contributed by atoms with van der Waals surface area (Å²) >= 11 is 0. The highest BCUT2D eigenvalue weighted by Gasteiger charge is 2.47. The van der Waals surface area contributed by atoms with Crippen molar-refractivity contribution < 1.29 is 71.7 Å². The van der Waals surface area contributed by atoms with Crippen LogP contribution in [-0.2, 0) is 74.0 Å². The molecule has 500 valence electrons. The topological polar surface area (TPSA) is 255 Å².